The summed E-state index contributed by atoms with van der Waals surface area (Å²) in [5.74, 6) is -0.0789. The number of carboxylic acids is 1. The van der Waals surface area contributed by atoms with Crippen molar-refractivity contribution in [1.82, 2.24) is 9.55 Å². The summed E-state index contributed by atoms with van der Waals surface area (Å²) in [6, 6.07) is 20.2. The molecule has 0 aliphatic heterocycles. The average molecular weight is 356 g/mol. The van der Waals surface area contributed by atoms with Crippen molar-refractivity contribution in [3.8, 4) is 16.8 Å². The second-order valence-corrected chi connectivity index (χ2v) is 6.75. The highest BCUT2D eigenvalue weighted by Crippen LogP contribution is 2.29. The van der Waals surface area contributed by atoms with Crippen molar-refractivity contribution in [2.24, 2.45) is 0 Å². The number of benzene rings is 3. The normalized spacial score (nSPS) is 11.1. The maximum absolute atomic E-state index is 11.6. The van der Waals surface area contributed by atoms with Crippen molar-refractivity contribution < 1.29 is 9.90 Å². The standard InChI is InChI=1S/C23H20N2O2/c1-14-15(2)22-21(13-20(14)23(26)27)25(16(3)24-22)19-11-9-18(10-12-19)17-7-5-4-6-8-17/h4-13H,1-3H3,(H,26,27). The van der Waals surface area contributed by atoms with Crippen LogP contribution >= 0.6 is 0 Å². The summed E-state index contributed by atoms with van der Waals surface area (Å²) in [5.41, 5.74) is 6.93. The number of hydrogen-bond acceptors (Lipinski definition) is 2. The topological polar surface area (TPSA) is 55.1 Å². The third-order valence-corrected chi connectivity index (χ3v) is 5.15. The van der Waals surface area contributed by atoms with E-state index in [1.54, 1.807) is 6.07 Å². The lowest BCUT2D eigenvalue weighted by molar-refractivity contribution is 0.0696. The van der Waals surface area contributed by atoms with Gasteiger partial charge >= 0.3 is 5.97 Å². The molecule has 0 aliphatic rings. The van der Waals surface area contributed by atoms with Crippen LogP contribution < -0.4 is 0 Å². The predicted molar refractivity (Wildman–Crippen MR) is 108 cm³/mol. The van der Waals surface area contributed by atoms with Crippen LogP contribution in [0.4, 0.5) is 0 Å². The molecule has 0 radical (unpaired) electrons. The van der Waals surface area contributed by atoms with Crippen LogP contribution in [0.5, 0.6) is 0 Å². The maximum Gasteiger partial charge on any atom is 0.336 e. The minimum absolute atomic E-state index is 0.321. The molecule has 0 saturated carbocycles. The van der Waals surface area contributed by atoms with Gasteiger partial charge in [0.1, 0.15) is 5.82 Å². The van der Waals surface area contributed by atoms with Gasteiger partial charge in [-0.3, -0.25) is 4.57 Å². The van der Waals surface area contributed by atoms with Crippen LogP contribution in [0.15, 0.2) is 60.7 Å². The first-order chi connectivity index (χ1) is 13.0. The van der Waals surface area contributed by atoms with Crippen molar-refractivity contribution in [2.75, 3.05) is 0 Å². The Kier molecular flexibility index (Phi) is 4.04. The Morgan fingerprint density at radius 2 is 1.52 bits per heavy atom. The molecule has 27 heavy (non-hydrogen) atoms. The molecule has 0 unspecified atom stereocenters. The van der Waals surface area contributed by atoms with Crippen molar-refractivity contribution in [1.29, 1.82) is 0 Å². The summed E-state index contributed by atoms with van der Waals surface area (Å²) < 4.78 is 2.02. The molecule has 0 atom stereocenters. The molecule has 0 saturated heterocycles. The molecule has 4 nitrogen and oxygen atoms in total. The minimum Gasteiger partial charge on any atom is -0.478 e. The zero-order valence-electron chi connectivity index (χ0n) is 15.5. The van der Waals surface area contributed by atoms with Gasteiger partial charge < -0.3 is 5.11 Å². The van der Waals surface area contributed by atoms with Crippen LogP contribution in [0.2, 0.25) is 0 Å². The van der Waals surface area contributed by atoms with Gasteiger partial charge in [-0.25, -0.2) is 9.78 Å². The molecule has 134 valence electrons. The molecular weight excluding hydrogens is 336 g/mol. The Morgan fingerprint density at radius 1 is 0.889 bits per heavy atom. The summed E-state index contributed by atoms with van der Waals surface area (Å²) in [5, 5.41) is 9.55. The highest BCUT2D eigenvalue weighted by Gasteiger charge is 2.18. The molecule has 0 bridgehead atoms. The molecule has 0 aliphatic carbocycles. The van der Waals surface area contributed by atoms with E-state index in [0.29, 0.717) is 5.56 Å². The second kappa shape index (κ2) is 6.40. The van der Waals surface area contributed by atoms with E-state index in [4.69, 9.17) is 4.98 Å². The van der Waals surface area contributed by atoms with Gasteiger partial charge in [0.05, 0.1) is 16.6 Å². The molecule has 1 N–H and O–H groups in total. The number of imidazole rings is 1. The van der Waals surface area contributed by atoms with Gasteiger partial charge in [0.15, 0.2) is 0 Å². The smallest absolute Gasteiger partial charge is 0.336 e. The number of carbonyl (C=O) groups is 1. The van der Waals surface area contributed by atoms with Gasteiger partial charge in [0.2, 0.25) is 0 Å². The fourth-order valence-corrected chi connectivity index (χ4v) is 3.56. The zero-order chi connectivity index (χ0) is 19.1. The van der Waals surface area contributed by atoms with Crippen LogP contribution in [0.3, 0.4) is 0 Å². The van der Waals surface area contributed by atoms with Crippen molar-refractivity contribution in [3.05, 3.63) is 83.2 Å². The minimum atomic E-state index is -0.915. The summed E-state index contributed by atoms with van der Waals surface area (Å²) in [7, 11) is 0. The van der Waals surface area contributed by atoms with Gasteiger partial charge in [-0.05, 0) is 61.2 Å². The number of aromatic nitrogens is 2. The molecule has 4 heteroatoms. The number of aromatic carboxylic acids is 1. The number of carboxylic acid groups (broad SMARTS) is 1. The number of fused-ring (bicyclic) bond motifs is 1. The monoisotopic (exact) mass is 356 g/mol. The highest BCUT2D eigenvalue weighted by atomic mass is 16.4. The Morgan fingerprint density at radius 3 is 2.15 bits per heavy atom. The van der Waals surface area contributed by atoms with E-state index in [1.165, 1.54) is 0 Å². The molecule has 1 heterocycles. The lowest BCUT2D eigenvalue weighted by Gasteiger charge is -2.11. The Labute approximate surface area is 157 Å². The molecule has 4 rings (SSSR count). The van der Waals surface area contributed by atoms with Gasteiger partial charge in [0.25, 0.3) is 0 Å². The number of hydrogen-bond donors (Lipinski definition) is 1. The molecule has 4 aromatic rings. The van der Waals surface area contributed by atoms with Crippen LogP contribution in [-0.2, 0) is 0 Å². The largest absolute Gasteiger partial charge is 0.478 e. The molecule has 1 aromatic heterocycles. The van der Waals surface area contributed by atoms with E-state index >= 15 is 0 Å². The first-order valence-electron chi connectivity index (χ1n) is 8.86. The SMILES string of the molecule is Cc1c(C(=O)O)cc2c(nc(C)n2-c2ccc(-c3ccccc3)cc2)c1C. The van der Waals surface area contributed by atoms with Gasteiger partial charge in [-0.1, -0.05) is 42.5 Å². The average Bonchev–Trinajstić information content (AvgIpc) is 3.01. The van der Waals surface area contributed by atoms with Crippen molar-refractivity contribution in [3.63, 3.8) is 0 Å². The van der Waals surface area contributed by atoms with E-state index in [9.17, 15) is 9.90 Å². The zero-order valence-corrected chi connectivity index (χ0v) is 15.5. The predicted octanol–water partition coefficient (Wildman–Crippen LogP) is 5.32. The fraction of sp³-hybridized carbons (Fsp3) is 0.130. The van der Waals surface area contributed by atoms with Crippen LogP contribution in [-0.4, -0.2) is 20.6 Å². The van der Waals surface area contributed by atoms with Crippen LogP contribution in [0, 0.1) is 20.8 Å². The molecule has 0 spiro atoms. The van der Waals surface area contributed by atoms with Crippen molar-refractivity contribution >= 4 is 17.0 Å². The summed E-state index contributed by atoms with van der Waals surface area (Å²) in [4.78, 5) is 16.3. The number of rotatable bonds is 3. The number of aryl methyl sites for hydroxylation is 2. The summed E-state index contributed by atoms with van der Waals surface area (Å²) in [6.07, 6.45) is 0. The van der Waals surface area contributed by atoms with E-state index in [-0.39, 0.29) is 0 Å². The third-order valence-electron chi connectivity index (χ3n) is 5.15. The van der Waals surface area contributed by atoms with Gasteiger partial charge in [-0.2, -0.15) is 0 Å². The van der Waals surface area contributed by atoms with E-state index in [1.807, 2.05) is 55.7 Å². The second-order valence-electron chi connectivity index (χ2n) is 6.75. The number of nitrogens with zero attached hydrogens (tertiary/aromatic N) is 2. The Hall–Kier alpha value is -3.40. The highest BCUT2D eigenvalue weighted by molar-refractivity contribution is 5.96. The Bertz CT molecular complexity index is 1160. The van der Waals surface area contributed by atoms with E-state index in [2.05, 4.69) is 24.3 Å². The van der Waals surface area contributed by atoms with Gasteiger partial charge in [-0.15, -0.1) is 0 Å². The summed E-state index contributed by atoms with van der Waals surface area (Å²) >= 11 is 0. The van der Waals surface area contributed by atoms with Crippen LogP contribution in [0.25, 0.3) is 27.8 Å². The van der Waals surface area contributed by atoms with E-state index < -0.39 is 5.97 Å². The molecule has 0 amide bonds. The summed E-state index contributed by atoms with van der Waals surface area (Å²) in [6.45, 7) is 5.71. The third kappa shape index (κ3) is 2.79. The Balaban J connectivity index is 1.89. The first-order valence-corrected chi connectivity index (χ1v) is 8.86. The maximum atomic E-state index is 11.6. The lowest BCUT2D eigenvalue weighted by atomic mass is 10.0. The van der Waals surface area contributed by atoms with Gasteiger partial charge in [0, 0.05) is 5.69 Å². The molecular formula is C23H20N2O2. The molecule has 0 fully saturated rings. The van der Waals surface area contributed by atoms with Crippen LogP contribution in [0.1, 0.15) is 27.3 Å². The quantitative estimate of drug-likeness (QED) is 0.541. The van der Waals surface area contributed by atoms with E-state index in [0.717, 1.165) is 44.8 Å². The first kappa shape index (κ1) is 17.0. The molecule has 3 aromatic carbocycles. The fourth-order valence-electron chi connectivity index (χ4n) is 3.56. The van der Waals surface area contributed by atoms with Crippen molar-refractivity contribution in [2.45, 2.75) is 20.8 Å². The lowest BCUT2D eigenvalue weighted by Crippen LogP contribution is -2.03.